The number of rotatable bonds is 6. The Morgan fingerprint density at radius 1 is 1.00 bits per heavy atom. The Labute approximate surface area is 203 Å². The number of aryl methyl sites for hydroxylation is 1. The molecule has 34 heavy (non-hydrogen) atoms. The van der Waals surface area contributed by atoms with E-state index in [2.05, 4.69) is 10.6 Å². The van der Waals surface area contributed by atoms with Gasteiger partial charge in [0, 0.05) is 24.8 Å². The number of carbonyl (C=O) groups excluding carboxylic acids is 3. The quantitative estimate of drug-likeness (QED) is 0.518. The maximum atomic E-state index is 13.0. The zero-order valence-corrected chi connectivity index (χ0v) is 19.6. The number of carbonyl (C=O) groups is 3. The zero-order valence-electron chi connectivity index (χ0n) is 18.9. The van der Waals surface area contributed by atoms with Crippen molar-refractivity contribution in [3.8, 4) is 0 Å². The fourth-order valence-corrected chi connectivity index (χ4v) is 4.44. The van der Waals surface area contributed by atoms with Gasteiger partial charge in [-0.25, -0.2) is 0 Å². The highest BCUT2D eigenvalue weighted by atomic mass is 35.5. The van der Waals surface area contributed by atoms with Gasteiger partial charge in [-0.3, -0.25) is 14.4 Å². The number of hydrogen-bond donors (Lipinski definition) is 2. The van der Waals surface area contributed by atoms with Crippen molar-refractivity contribution >= 4 is 40.7 Å². The molecule has 1 aliphatic heterocycles. The van der Waals surface area contributed by atoms with Crippen molar-refractivity contribution in [1.29, 1.82) is 0 Å². The third-order valence-corrected chi connectivity index (χ3v) is 6.21. The molecule has 0 spiro atoms. The first kappa shape index (κ1) is 23.5. The lowest BCUT2D eigenvalue weighted by Gasteiger charge is -2.29. The molecule has 3 amide bonds. The molecular formula is C27H26ClN3O3. The standard InChI is InChI=1S/C27H26ClN3O3/c1-18(32)31-15-7-10-20-16-21(13-14-25(20)31)29-26(33)17-24(19-8-3-2-4-9-19)30-27(34)22-11-5-6-12-23(22)28/h2-6,8-9,11-14,16,24H,7,10,15,17H2,1H3,(H,29,33)(H,30,34). The number of fused-ring (bicyclic) bond motifs is 1. The molecule has 0 saturated carbocycles. The molecule has 2 N–H and O–H groups in total. The SMILES string of the molecule is CC(=O)N1CCCc2cc(NC(=O)CC(NC(=O)c3ccccc3Cl)c3ccccc3)ccc21. The van der Waals surface area contributed by atoms with Gasteiger partial charge in [0.2, 0.25) is 11.8 Å². The topological polar surface area (TPSA) is 78.5 Å². The minimum Gasteiger partial charge on any atom is -0.345 e. The van der Waals surface area contributed by atoms with E-state index in [1.165, 1.54) is 0 Å². The summed E-state index contributed by atoms with van der Waals surface area (Å²) in [6.07, 6.45) is 1.79. The molecule has 174 valence electrons. The van der Waals surface area contributed by atoms with Crippen LogP contribution < -0.4 is 15.5 Å². The van der Waals surface area contributed by atoms with E-state index in [1.54, 1.807) is 42.2 Å². The van der Waals surface area contributed by atoms with Gasteiger partial charge in [-0.1, -0.05) is 54.1 Å². The van der Waals surface area contributed by atoms with Crippen LogP contribution in [-0.2, 0) is 16.0 Å². The van der Waals surface area contributed by atoms with Crippen LogP contribution in [0.15, 0.2) is 72.8 Å². The van der Waals surface area contributed by atoms with E-state index in [4.69, 9.17) is 11.6 Å². The maximum absolute atomic E-state index is 13.0. The van der Waals surface area contributed by atoms with Crippen molar-refractivity contribution < 1.29 is 14.4 Å². The lowest BCUT2D eigenvalue weighted by atomic mass is 10.0. The number of benzene rings is 3. The number of anilines is 2. The summed E-state index contributed by atoms with van der Waals surface area (Å²) in [5.41, 5.74) is 3.77. The molecule has 1 unspecified atom stereocenters. The summed E-state index contributed by atoms with van der Waals surface area (Å²) < 4.78 is 0. The number of nitrogens with one attached hydrogen (secondary N) is 2. The molecule has 0 radical (unpaired) electrons. The Hall–Kier alpha value is -3.64. The highest BCUT2D eigenvalue weighted by Gasteiger charge is 2.22. The van der Waals surface area contributed by atoms with Crippen LogP contribution in [0.2, 0.25) is 5.02 Å². The van der Waals surface area contributed by atoms with Gasteiger partial charge in [-0.2, -0.15) is 0 Å². The summed E-state index contributed by atoms with van der Waals surface area (Å²) >= 11 is 6.18. The lowest BCUT2D eigenvalue weighted by Crippen LogP contribution is -2.33. The van der Waals surface area contributed by atoms with Crippen molar-refractivity contribution in [2.24, 2.45) is 0 Å². The maximum Gasteiger partial charge on any atom is 0.253 e. The first-order valence-electron chi connectivity index (χ1n) is 11.2. The second kappa shape index (κ2) is 10.5. The largest absolute Gasteiger partial charge is 0.345 e. The summed E-state index contributed by atoms with van der Waals surface area (Å²) in [5.74, 6) is -0.560. The monoisotopic (exact) mass is 475 g/mol. The molecule has 1 heterocycles. The van der Waals surface area contributed by atoms with E-state index in [0.717, 1.165) is 29.7 Å². The Morgan fingerprint density at radius 3 is 2.47 bits per heavy atom. The molecule has 0 bridgehead atoms. The first-order valence-corrected chi connectivity index (χ1v) is 11.6. The highest BCUT2D eigenvalue weighted by Crippen LogP contribution is 2.30. The minimum atomic E-state index is -0.532. The molecule has 3 aromatic rings. The summed E-state index contributed by atoms with van der Waals surface area (Å²) in [7, 11) is 0. The van der Waals surface area contributed by atoms with Crippen LogP contribution in [0, 0.1) is 0 Å². The normalized spacial score (nSPS) is 13.5. The lowest BCUT2D eigenvalue weighted by molar-refractivity contribution is -0.117. The van der Waals surface area contributed by atoms with Crippen LogP contribution in [0.5, 0.6) is 0 Å². The van der Waals surface area contributed by atoms with Crippen LogP contribution in [-0.4, -0.2) is 24.3 Å². The van der Waals surface area contributed by atoms with Crippen LogP contribution in [0.3, 0.4) is 0 Å². The van der Waals surface area contributed by atoms with Gasteiger partial charge < -0.3 is 15.5 Å². The second-order valence-corrected chi connectivity index (χ2v) is 8.69. The average Bonchev–Trinajstić information content (AvgIpc) is 2.83. The van der Waals surface area contributed by atoms with E-state index in [9.17, 15) is 14.4 Å². The predicted molar refractivity (Wildman–Crippen MR) is 134 cm³/mol. The van der Waals surface area contributed by atoms with Crippen LogP contribution in [0.1, 0.15) is 47.3 Å². The molecule has 3 aromatic carbocycles. The molecule has 7 heteroatoms. The molecule has 0 aromatic heterocycles. The van der Waals surface area contributed by atoms with Gasteiger partial charge in [0.25, 0.3) is 5.91 Å². The van der Waals surface area contributed by atoms with Gasteiger partial charge in [0.15, 0.2) is 0 Å². The van der Waals surface area contributed by atoms with Gasteiger partial charge in [0.1, 0.15) is 0 Å². The van der Waals surface area contributed by atoms with Crippen molar-refractivity contribution in [2.75, 3.05) is 16.8 Å². The number of hydrogen-bond acceptors (Lipinski definition) is 3. The highest BCUT2D eigenvalue weighted by molar-refractivity contribution is 6.33. The van der Waals surface area contributed by atoms with E-state index in [0.29, 0.717) is 22.8 Å². The Balaban J connectivity index is 1.50. The summed E-state index contributed by atoms with van der Waals surface area (Å²) in [6, 6.07) is 21.2. The van der Waals surface area contributed by atoms with E-state index in [-0.39, 0.29) is 24.1 Å². The van der Waals surface area contributed by atoms with Crippen molar-refractivity contribution in [1.82, 2.24) is 5.32 Å². The molecular weight excluding hydrogens is 450 g/mol. The average molecular weight is 476 g/mol. The summed E-state index contributed by atoms with van der Waals surface area (Å²) in [4.78, 5) is 39.5. The second-order valence-electron chi connectivity index (χ2n) is 8.29. The Bertz CT molecular complexity index is 1210. The summed E-state index contributed by atoms with van der Waals surface area (Å²) in [6.45, 7) is 2.27. The number of nitrogens with zero attached hydrogens (tertiary/aromatic N) is 1. The first-order chi connectivity index (χ1) is 16.4. The van der Waals surface area contributed by atoms with Gasteiger partial charge in [-0.05, 0) is 54.3 Å². The van der Waals surface area contributed by atoms with Gasteiger partial charge in [-0.15, -0.1) is 0 Å². The third kappa shape index (κ3) is 5.46. The van der Waals surface area contributed by atoms with Crippen LogP contribution in [0.25, 0.3) is 0 Å². The fourth-order valence-electron chi connectivity index (χ4n) is 4.22. The number of halogens is 1. The molecule has 0 aliphatic carbocycles. The summed E-state index contributed by atoms with van der Waals surface area (Å²) in [5, 5.41) is 6.24. The minimum absolute atomic E-state index is 0.0118. The smallest absolute Gasteiger partial charge is 0.253 e. The fraction of sp³-hybridized carbons (Fsp3) is 0.222. The van der Waals surface area contributed by atoms with E-state index in [1.807, 2.05) is 42.5 Å². The molecule has 4 rings (SSSR count). The zero-order chi connectivity index (χ0) is 24.1. The molecule has 6 nitrogen and oxygen atoms in total. The molecule has 0 fully saturated rings. The van der Waals surface area contributed by atoms with Gasteiger partial charge >= 0.3 is 0 Å². The number of amides is 3. The van der Waals surface area contributed by atoms with Crippen LogP contribution >= 0.6 is 11.6 Å². The van der Waals surface area contributed by atoms with Crippen molar-refractivity contribution in [3.63, 3.8) is 0 Å². The van der Waals surface area contributed by atoms with Crippen LogP contribution in [0.4, 0.5) is 11.4 Å². The van der Waals surface area contributed by atoms with E-state index < -0.39 is 6.04 Å². The third-order valence-electron chi connectivity index (χ3n) is 5.88. The Kier molecular flexibility index (Phi) is 7.28. The van der Waals surface area contributed by atoms with E-state index >= 15 is 0 Å². The molecule has 1 aliphatic rings. The molecule has 1 atom stereocenters. The van der Waals surface area contributed by atoms with Crippen molar-refractivity contribution in [2.45, 2.75) is 32.2 Å². The van der Waals surface area contributed by atoms with Gasteiger partial charge in [0.05, 0.1) is 23.0 Å². The Morgan fingerprint density at radius 2 is 1.74 bits per heavy atom. The molecule has 0 saturated heterocycles. The van der Waals surface area contributed by atoms with Crippen molar-refractivity contribution in [3.05, 3.63) is 94.5 Å². The predicted octanol–water partition coefficient (Wildman–Crippen LogP) is 5.14.